The summed E-state index contributed by atoms with van der Waals surface area (Å²) in [6, 6.07) is 19.3. The van der Waals surface area contributed by atoms with Crippen LogP contribution in [0.15, 0.2) is 66.7 Å². The predicted molar refractivity (Wildman–Crippen MR) is 99.6 cm³/mol. The quantitative estimate of drug-likeness (QED) is 0.592. The van der Waals surface area contributed by atoms with Gasteiger partial charge in [0.15, 0.2) is 0 Å². The Hall–Kier alpha value is -2.95. The molecule has 0 spiro atoms. The van der Waals surface area contributed by atoms with Gasteiger partial charge in [0.05, 0.1) is 6.04 Å². The zero-order chi connectivity index (χ0) is 18.8. The van der Waals surface area contributed by atoms with Gasteiger partial charge in [-0.1, -0.05) is 36.4 Å². The smallest absolute Gasteiger partial charge is 0.387 e. The number of alkyl halides is 2. The van der Waals surface area contributed by atoms with Crippen LogP contribution in [0.2, 0.25) is 0 Å². The molecule has 2 nitrogen and oxygen atoms in total. The van der Waals surface area contributed by atoms with Crippen molar-refractivity contribution in [2.75, 3.05) is 5.32 Å². The molecule has 138 valence electrons. The molecule has 1 N–H and O–H groups in total. The summed E-state index contributed by atoms with van der Waals surface area (Å²) < 4.78 is 43.0. The molecule has 0 radical (unpaired) electrons. The maximum absolute atomic E-state index is 13.6. The van der Waals surface area contributed by atoms with Gasteiger partial charge in [-0.15, -0.1) is 0 Å². The van der Waals surface area contributed by atoms with Crippen molar-refractivity contribution in [1.29, 1.82) is 0 Å². The van der Waals surface area contributed by atoms with E-state index in [2.05, 4.69) is 10.1 Å². The zero-order valence-corrected chi connectivity index (χ0v) is 14.5. The molecule has 0 saturated carbocycles. The van der Waals surface area contributed by atoms with Gasteiger partial charge in [-0.25, -0.2) is 4.39 Å². The van der Waals surface area contributed by atoms with Crippen LogP contribution >= 0.6 is 0 Å². The van der Waals surface area contributed by atoms with Crippen LogP contribution < -0.4 is 10.1 Å². The van der Waals surface area contributed by atoms with Gasteiger partial charge in [-0.2, -0.15) is 8.78 Å². The second-order valence-corrected chi connectivity index (χ2v) is 6.53. The maximum Gasteiger partial charge on any atom is 0.387 e. The summed E-state index contributed by atoms with van der Waals surface area (Å²) in [6.07, 6.45) is 1.61. The van der Waals surface area contributed by atoms with Gasteiger partial charge >= 0.3 is 6.61 Å². The lowest BCUT2D eigenvalue weighted by atomic mass is 9.88. The number of benzene rings is 3. The van der Waals surface area contributed by atoms with Crippen molar-refractivity contribution in [3.63, 3.8) is 0 Å². The van der Waals surface area contributed by atoms with Crippen molar-refractivity contribution < 1.29 is 17.9 Å². The first-order valence-electron chi connectivity index (χ1n) is 8.79. The van der Waals surface area contributed by atoms with Gasteiger partial charge in [-0.3, -0.25) is 0 Å². The predicted octanol–water partition coefficient (Wildman–Crippen LogP) is 6.19. The Kier molecular flexibility index (Phi) is 4.75. The van der Waals surface area contributed by atoms with E-state index >= 15 is 0 Å². The van der Waals surface area contributed by atoms with Crippen molar-refractivity contribution in [3.05, 3.63) is 83.7 Å². The largest absolute Gasteiger partial charge is 0.435 e. The summed E-state index contributed by atoms with van der Waals surface area (Å²) in [5.74, 6) is -0.105. The summed E-state index contributed by atoms with van der Waals surface area (Å²) in [5, 5.41) is 3.48. The maximum atomic E-state index is 13.6. The molecule has 0 bridgehead atoms. The molecular formula is C22H18F3NO. The molecule has 1 atom stereocenters. The number of hydrogen-bond donors (Lipinski definition) is 1. The third kappa shape index (κ3) is 3.77. The van der Waals surface area contributed by atoms with Crippen LogP contribution in [0.4, 0.5) is 18.9 Å². The summed E-state index contributed by atoms with van der Waals surface area (Å²) in [6.45, 7) is -2.84. The first kappa shape index (κ1) is 17.5. The first-order valence-corrected chi connectivity index (χ1v) is 8.79. The van der Waals surface area contributed by atoms with Crippen LogP contribution in [-0.4, -0.2) is 6.61 Å². The van der Waals surface area contributed by atoms with E-state index in [0.29, 0.717) is 0 Å². The number of anilines is 1. The van der Waals surface area contributed by atoms with E-state index in [9.17, 15) is 13.2 Å². The Morgan fingerprint density at radius 2 is 1.78 bits per heavy atom. The Morgan fingerprint density at radius 3 is 2.59 bits per heavy atom. The fourth-order valence-corrected chi connectivity index (χ4v) is 3.62. The molecule has 0 saturated heterocycles. The Morgan fingerprint density at radius 1 is 0.963 bits per heavy atom. The number of hydrogen-bond acceptors (Lipinski definition) is 2. The molecule has 1 unspecified atom stereocenters. The molecule has 0 fully saturated rings. The van der Waals surface area contributed by atoms with E-state index in [1.54, 1.807) is 18.2 Å². The minimum Gasteiger partial charge on any atom is -0.435 e. The summed E-state index contributed by atoms with van der Waals surface area (Å²) in [5.41, 5.74) is 4.87. The minimum absolute atomic E-state index is 0.00137. The lowest BCUT2D eigenvalue weighted by Gasteiger charge is -2.29. The van der Waals surface area contributed by atoms with Crippen molar-refractivity contribution >= 4 is 5.69 Å². The first-order chi connectivity index (χ1) is 13.1. The molecule has 4 rings (SSSR count). The third-order valence-corrected chi connectivity index (χ3v) is 4.81. The number of rotatable bonds is 4. The number of halogens is 3. The normalized spacial score (nSPS) is 15.9. The fourth-order valence-electron chi connectivity index (χ4n) is 3.62. The van der Waals surface area contributed by atoms with Gasteiger partial charge < -0.3 is 10.1 Å². The van der Waals surface area contributed by atoms with Gasteiger partial charge in [0, 0.05) is 5.69 Å². The van der Waals surface area contributed by atoms with Crippen LogP contribution in [0.1, 0.15) is 23.6 Å². The molecule has 0 amide bonds. The highest BCUT2D eigenvalue weighted by molar-refractivity contribution is 5.75. The van der Waals surface area contributed by atoms with Crippen LogP contribution in [0.3, 0.4) is 0 Å². The minimum atomic E-state index is -2.84. The lowest BCUT2D eigenvalue weighted by Crippen LogP contribution is -2.18. The second kappa shape index (κ2) is 7.35. The van der Waals surface area contributed by atoms with E-state index < -0.39 is 6.61 Å². The molecule has 3 aromatic carbocycles. The molecule has 1 aliphatic rings. The molecule has 3 aromatic rings. The molecule has 27 heavy (non-hydrogen) atoms. The highest BCUT2D eigenvalue weighted by Crippen LogP contribution is 2.38. The van der Waals surface area contributed by atoms with Crippen molar-refractivity contribution in [2.45, 2.75) is 25.5 Å². The Labute approximate surface area is 155 Å². The molecular weight excluding hydrogens is 351 g/mol. The van der Waals surface area contributed by atoms with E-state index in [4.69, 9.17) is 0 Å². The van der Waals surface area contributed by atoms with Crippen LogP contribution in [0.25, 0.3) is 11.1 Å². The molecule has 0 aromatic heterocycles. The highest BCUT2D eigenvalue weighted by atomic mass is 19.3. The second-order valence-electron chi connectivity index (χ2n) is 6.53. The topological polar surface area (TPSA) is 21.3 Å². The van der Waals surface area contributed by atoms with Crippen LogP contribution in [-0.2, 0) is 6.42 Å². The average Bonchev–Trinajstić information content (AvgIpc) is 2.67. The van der Waals surface area contributed by atoms with E-state index in [1.165, 1.54) is 18.2 Å². The van der Waals surface area contributed by atoms with Gasteiger partial charge in [0.1, 0.15) is 11.6 Å². The number of nitrogens with one attached hydrogen (secondary N) is 1. The fraction of sp³-hybridized carbons (Fsp3) is 0.182. The Balaban J connectivity index is 1.62. The van der Waals surface area contributed by atoms with E-state index in [-0.39, 0.29) is 17.6 Å². The third-order valence-electron chi connectivity index (χ3n) is 4.81. The van der Waals surface area contributed by atoms with Crippen molar-refractivity contribution in [1.82, 2.24) is 0 Å². The van der Waals surface area contributed by atoms with Crippen LogP contribution in [0.5, 0.6) is 5.75 Å². The Bertz CT molecular complexity index is 958. The SMILES string of the molecule is Fc1cccc(-c2cccc3c2CCC(c2cccc(OC(F)F)c2)N3)c1. The van der Waals surface area contributed by atoms with Gasteiger partial charge in [0.2, 0.25) is 0 Å². The van der Waals surface area contributed by atoms with Crippen molar-refractivity contribution in [3.8, 4) is 16.9 Å². The molecule has 5 heteroatoms. The van der Waals surface area contributed by atoms with Crippen LogP contribution in [0, 0.1) is 5.82 Å². The van der Waals surface area contributed by atoms with Gasteiger partial charge in [-0.05, 0) is 65.4 Å². The summed E-state index contributed by atoms with van der Waals surface area (Å²) in [4.78, 5) is 0. The van der Waals surface area contributed by atoms with Gasteiger partial charge in [0.25, 0.3) is 0 Å². The summed E-state index contributed by atoms with van der Waals surface area (Å²) in [7, 11) is 0. The zero-order valence-electron chi connectivity index (χ0n) is 14.5. The highest BCUT2D eigenvalue weighted by Gasteiger charge is 2.22. The van der Waals surface area contributed by atoms with Crippen molar-refractivity contribution in [2.24, 2.45) is 0 Å². The van der Waals surface area contributed by atoms with E-state index in [1.807, 2.05) is 30.3 Å². The monoisotopic (exact) mass is 369 g/mol. The lowest BCUT2D eigenvalue weighted by molar-refractivity contribution is -0.0498. The molecule has 0 aliphatic carbocycles. The molecule has 1 heterocycles. The average molecular weight is 369 g/mol. The number of ether oxygens (including phenoxy) is 1. The van der Waals surface area contributed by atoms with E-state index in [0.717, 1.165) is 40.8 Å². The summed E-state index contributed by atoms with van der Waals surface area (Å²) >= 11 is 0. The molecule has 1 aliphatic heterocycles. The number of fused-ring (bicyclic) bond motifs is 1. The standard InChI is InChI=1S/C22H18F3NO/c23-16-6-1-4-14(12-16)18-8-3-9-21-19(18)10-11-20(26-21)15-5-2-7-17(13-15)27-22(24)25/h1-9,12-13,20,22,26H,10-11H2.